The van der Waals surface area contributed by atoms with Crippen LogP contribution in [0.4, 0.5) is 0 Å². The van der Waals surface area contributed by atoms with Crippen molar-refractivity contribution < 1.29 is 9.90 Å². The molecular weight excluding hydrogens is 228 g/mol. The van der Waals surface area contributed by atoms with Crippen molar-refractivity contribution in [3.05, 3.63) is 29.8 Å². The molecule has 0 spiro atoms. The molecule has 1 fully saturated rings. The molecule has 0 bridgehead atoms. The van der Waals surface area contributed by atoms with Gasteiger partial charge in [0.1, 0.15) is 5.75 Å². The lowest BCUT2D eigenvalue weighted by molar-refractivity contribution is -0.122. The molecule has 1 aromatic rings. The van der Waals surface area contributed by atoms with Gasteiger partial charge in [0.25, 0.3) is 0 Å². The molecule has 0 aromatic heterocycles. The Balaban J connectivity index is 1.86. The van der Waals surface area contributed by atoms with Gasteiger partial charge >= 0.3 is 0 Å². The van der Waals surface area contributed by atoms with Gasteiger partial charge in [-0.2, -0.15) is 0 Å². The summed E-state index contributed by atoms with van der Waals surface area (Å²) >= 11 is 0. The van der Waals surface area contributed by atoms with Crippen LogP contribution in [0.15, 0.2) is 24.3 Å². The number of benzene rings is 1. The zero-order chi connectivity index (χ0) is 13.3. The van der Waals surface area contributed by atoms with Gasteiger partial charge in [0.15, 0.2) is 0 Å². The van der Waals surface area contributed by atoms with Crippen LogP contribution in [-0.4, -0.2) is 23.1 Å². The molecule has 0 saturated heterocycles. The highest BCUT2D eigenvalue weighted by Crippen LogP contribution is 2.44. The molecule has 98 valence electrons. The molecular formula is C14H20N2O2. The third kappa shape index (κ3) is 3.01. The lowest BCUT2D eigenvalue weighted by atomic mass is 10.1. The van der Waals surface area contributed by atoms with E-state index in [-0.39, 0.29) is 23.1 Å². The zero-order valence-corrected chi connectivity index (χ0v) is 10.8. The number of hydrogen-bond donors (Lipinski definition) is 3. The fraction of sp³-hybridized carbons (Fsp3) is 0.500. The lowest BCUT2D eigenvalue weighted by Crippen LogP contribution is -2.43. The molecule has 2 unspecified atom stereocenters. The third-order valence-corrected chi connectivity index (χ3v) is 3.56. The molecule has 4 N–H and O–H groups in total. The number of rotatable bonds is 4. The summed E-state index contributed by atoms with van der Waals surface area (Å²) in [5.74, 6) is 0.121. The Morgan fingerprint density at radius 2 is 2.06 bits per heavy atom. The summed E-state index contributed by atoms with van der Waals surface area (Å²) in [7, 11) is 0. The highest BCUT2D eigenvalue weighted by atomic mass is 16.3. The van der Waals surface area contributed by atoms with Gasteiger partial charge in [0.05, 0.1) is 6.04 Å². The van der Waals surface area contributed by atoms with Gasteiger partial charge in [-0.3, -0.25) is 4.79 Å². The van der Waals surface area contributed by atoms with Crippen LogP contribution in [-0.2, 0) is 11.2 Å². The van der Waals surface area contributed by atoms with E-state index in [1.165, 1.54) is 0 Å². The maximum atomic E-state index is 11.9. The van der Waals surface area contributed by atoms with Crippen molar-refractivity contribution in [2.24, 2.45) is 11.1 Å². The van der Waals surface area contributed by atoms with Crippen LogP contribution in [0.2, 0.25) is 0 Å². The summed E-state index contributed by atoms with van der Waals surface area (Å²) in [5, 5.41) is 12.1. The normalized spacial score (nSPS) is 22.3. The largest absolute Gasteiger partial charge is 0.508 e. The van der Waals surface area contributed by atoms with Gasteiger partial charge in [-0.15, -0.1) is 0 Å². The van der Waals surface area contributed by atoms with E-state index in [0.717, 1.165) is 12.0 Å². The van der Waals surface area contributed by atoms with E-state index < -0.39 is 6.04 Å². The second kappa shape index (κ2) is 4.61. The van der Waals surface area contributed by atoms with Gasteiger partial charge in [-0.05, 0) is 36.0 Å². The molecule has 1 amide bonds. The highest BCUT2D eigenvalue weighted by molar-refractivity contribution is 5.82. The quantitative estimate of drug-likeness (QED) is 0.749. The first-order valence-electron chi connectivity index (χ1n) is 6.22. The molecule has 0 heterocycles. The van der Waals surface area contributed by atoms with Gasteiger partial charge in [0.2, 0.25) is 5.91 Å². The van der Waals surface area contributed by atoms with E-state index in [1.807, 2.05) is 0 Å². The number of phenolic OH excluding ortho intramolecular Hbond substituents is 1. The van der Waals surface area contributed by atoms with Crippen molar-refractivity contribution >= 4 is 5.91 Å². The first-order valence-corrected chi connectivity index (χ1v) is 6.22. The first kappa shape index (κ1) is 12.9. The number of aromatic hydroxyl groups is 1. The molecule has 18 heavy (non-hydrogen) atoms. The van der Waals surface area contributed by atoms with E-state index >= 15 is 0 Å². The molecule has 1 saturated carbocycles. The van der Waals surface area contributed by atoms with Crippen LogP contribution >= 0.6 is 0 Å². The van der Waals surface area contributed by atoms with Crippen LogP contribution in [0, 0.1) is 5.41 Å². The Morgan fingerprint density at radius 3 is 2.56 bits per heavy atom. The molecule has 0 aliphatic heterocycles. The average molecular weight is 248 g/mol. The van der Waals surface area contributed by atoms with E-state index in [2.05, 4.69) is 19.2 Å². The standard InChI is InChI=1S/C14H20N2O2/c1-14(2)8-12(14)16-13(18)11(15)7-9-3-5-10(17)6-4-9/h3-6,11-12,17H,7-8,15H2,1-2H3,(H,16,18). The number of hydrogen-bond acceptors (Lipinski definition) is 3. The Hall–Kier alpha value is -1.55. The van der Waals surface area contributed by atoms with Crippen LogP contribution in [0.3, 0.4) is 0 Å². The number of carbonyl (C=O) groups excluding carboxylic acids is 1. The predicted octanol–water partition coefficient (Wildman–Crippen LogP) is 1.18. The average Bonchev–Trinajstić information content (AvgIpc) is 2.89. The van der Waals surface area contributed by atoms with Crippen molar-refractivity contribution in [1.82, 2.24) is 5.32 Å². The Bertz CT molecular complexity index is 440. The number of phenols is 1. The summed E-state index contributed by atoms with van der Waals surface area (Å²) in [6.07, 6.45) is 1.50. The summed E-state index contributed by atoms with van der Waals surface area (Å²) in [6, 6.07) is 6.49. The monoisotopic (exact) mass is 248 g/mol. The number of carbonyl (C=O) groups is 1. The Labute approximate surface area is 107 Å². The molecule has 4 nitrogen and oxygen atoms in total. The third-order valence-electron chi connectivity index (χ3n) is 3.56. The topological polar surface area (TPSA) is 75.4 Å². The summed E-state index contributed by atoms with van der Waals surface area (Å²) < 4.78 is 0. The van der Waals surface area contributed by atoms with Crippen molar-refractivity contribution in [2.75, 3.05) is 0 Å². The van der Waals surface area contributed by atoms with Crippen molar-refractivity contribution in [3.8, 4) is 5.75 Å². The van der Waals surface area contributed by atoms with E-state index in [9.17, 15) is 9.90 Å². The SMILES string of the molecule is CC1(C)CC1NC(=O)C(N)Cc1ccc(O)cc1. The van der Waals surface area contributed by atoms with Crippen LogP contribution < -0.4 is 11.1 Å². The Kier molecular flexibility index (Phi) is 3.30. The second-order valence-electron chi connectivity index (χ2n) is 5.73. The fourth-order valence-electron chi connectivity index (χ4n) is 1.97. The number of nitrogens with two attached hydrogens (primary N) is 1. The van der Waals surface area contributed by atoms with Gasteiger partial charge in [-0.25, -0.2) is 0 Å². The fourth-order valence-corrected chi connectivity index (χ4v) is 1.97. The molecule has 1 aromatic carbocycles. The summed E-state index contributed by atoms with van der Waals surface area (Å²) in [5.41, 5.74) is 7.04. The smallest absolute Gasteiger partial charge is 0.237 e. The number of amides is 1. The van der Waals surface area contributed by atoms with E-state index in [0.29, 0.717) is 6.42 Å². The molecule has 4 heteroatoms. The predicted molar refractivity (Wildman–Crippen MR) is 70.1 cm³/mol. The zero-order valence-electron chi connectivity index (χ0n) is 10.8. The van der Waals surface area contributed by atoms with Crippen LogP contribution in [0.25, 0.3) is 0 Å². The molecule has 2 rings (SSSR count). The minimum atomic E-state index is -0.536. The van der Waals surface area contributed by atoms with E-state index in [4.69, 9.17) is 5.73 Å². The van der Waals surface area contributed by atoms with Crippen molar-refractivity contribution in [3.63, 3.8) is 0 Å². The Morgan fingerprint density at radius 1 is 1.50 bits per heavy atom. The molecule has 1 aliphatic carbocycles. The maximum absolute atomic E-state index is 11.9. The summed E-state index contributed by atoms with van der Waals surface area (Å²) in [4.78, 5) is 11.9. The van der Waals surface area contributed by atoms with Crippen molar-refractivity contribution in [2.45, 2.75) is 38.8 Å². The second-order valence-corrected chi connectivity index (χ2v) is 5.73. The number of nitrogens with one attached hydrogen (secondary N) is 1. The van der Waals surface area contributed by atoms with E-state index in [1.54, 1.807) is 24.3 Å². The highest BCUT2D eigenvalue weighted by Gasteiger charge is 2.46. The first-order chi connectivity index (χ1) is 8.38. The lowest BCUT2D eigenvalue weighted by Gasteiger charge is -2.13. The molecule has 0 radical (unpaired) electrons. The summed E-state index contributed by atoms with van der Waals surface area (Å²) in [6.45, 7) is 4.26. The molecule has 2 atom stereocenters. The minimum Gasteiger partial charge on any atom is -0.508 e. The maximum Gasteiger partial charge on any atom is 0.237 e. The van der Waals surface area contributed by atoms with Crippen molar-refractivity contribution in [1.29, 1.82) is 0 Å². The van der Waals surface area contributed by atoms with Crippen LogP contribution in [0.1, 0.15) is 25.8 Å². The van der Waals surface area contributed by atoms with Gasteiger partial charge in [-0.1, -0.05) is 26.0 Å². The van der Waals surface area contributed by atoms with Gasteiger partial charge < -0.3 is 16.2 Å². The van der Waals surface area contributed by atoms with Gasteiger partial charge in [0, 0.05) is 6.04 Å². The van der Waals surface area contributed by atoms with Crippen LogP contribution in [0.5, 0.6) is 5.75 Å². The molecule has 1 aliphatic rings. The minimum absolute atomic E-state index is 0.0985.